The summed E-state index contributed by atoms with van der Waals surface area (Å²) in [6.45, 7) is 6.59. The van der Waals surface area contributed by atoms with Crippen LogP contribution in [0.15, 0.2) is 33.8 Å². The highest BCUT2D eigenvalue weighted by Crippen LogP contribution is 2.38. The number of aromatic nitrogens is 2. The summed E-state index contributed by atoms with van der Waals surface area (Å²) in [7, 11) is -3.73. The van der Waals surface area contributed by atoms with Crippen LogP contribution < -0.4 is 0 Å². The zero-order chi connectivity index (χ0) is 23.5. The highest BCUT2D eigenvalue weighted by Gasteiger charge is 2.39. The molecule has 1 saturated heterocycles. The number of furan rings is 1. The van der Waals surface area contributed by atoms with Gasteiger partial charge in [0.25, 0.3) is 5.91 Å². The van der Waals surface area contributed by atoms with Gasteiger partial charge in [-0.25, -0.2) is 13.4 Å². The Morgan fingerprint density at radius 2 is 1.91 bits per heavy atom. The number of hydrogen-bond donors (Lipinski definition) is 1. The monoisotopic (exact) mass is 470 g/mol. The lowest BCUT2D eigenvalue weighted by Crippen LogP contribution is -2.50. The maximum atomic E-state index is 13.2. The fourth-order valence-corrected chi connectivity index (χ4v) is 6.42. The number of amides is 1. The molecule has 0 radical (unpaired) electrons. The van der Waals surface area contributed by atoms with Crippen molar-refractivity contribution in [2.24, 2.45) is 5.41 Å². The quantitative estimate of drug-likeness (QED) is 0.629. The molecule has 9 nitrogen and oxygen atoms in total. The lowest BCUT2D eigenvalue weighted by Gasteiger charge is -2.33. The molecule has 1 amide bonds. The summed E-state index contributed by atoms with van der Waals surface area (Å²) in [6.07, 6.45) is 4.09. The van der Waals surface area contributed by atoms with Crippen molar-refractivity contribution < 1.29 is 22.4 Å². The molecule has 3 aromatic rings. The third-order valence-electron chi connectivity index (χ3n) is 6.53. The molecule has 0 atom stereocenters. The molecule has 0 aromatic carbocycles. The fourth-order valence-electron chi connectivity index (χ4n) is 4.85. The number of nitrogens with one attached hydrogen (secondary N) is 1. The predicted molar refractivity (Wildman–Crippen MR) is 121 cm³/mol. The van der Waals surface area contributed by atoms with E-state index in [4.69, 9.17) is 4.42 Å². The van der Waals surface area contributed by atoms with Gasteiger partial charge in [-0.3, -0.25) is 9.59 Å². The lowest BCUT2D eigenvalue weighted by atomic mass is 9.76. The summed E-state index contributed by atoms with van der Waals surface area (Å²) < 4.78 is 33.7. The highest BCUT2D eigenvalue weighted by molar-refractivity contribution is 7.89. The number of fused-ring (bicyclic) bond motifs is 2. The van der Waals surface area contributed by atoms with Crippen LogP contribution in [0.25, 0.3) is 11.0 Å². The maximum absolute atomic E-state index is 13.2. The maximum Gasteiger partial charge on any atom is 0.289 e. The first-order valence-electron chi connectivity index (χ1n) is 11.0. The standard InChI is InChI=1S/C23H26N4O5S/c1-14-19-16(28)11-23(2,3)12-17(19)32-20(14)22(29)26-7-9-27(10-8-26)33(30,31)18-13-25-21-15(18)5-4-6-24-21/h4-6,13H,7-12H2,1-3H3,(H,24,25). The van der Waals surface area contributed by atoms with Crippen LogP contribution in [-0.4, -0.2) is 65.5 Å². The van der Waals surface area contributed by atoms with E-state index < -0.39 is 10.0 Å². The molecule has 10 heteroatoms. The number of carbonyl (C=O) groups excluding carboxylic acids is 2. The van der Waals surface area contributed by atoms with Gasteiger partial charge in [0.05, 0.1) is 5.56 Å². The minimum atomic E-state index is -3.73. The normalized spacial score (nSPS) is 19.1. The molecule has 1 N–H and O–H groups in total. The summed E-state index contributed by atoms with van der Waals surface area (Å²) in [6, 6.07) is 3.42. The minimum absolute atomic E-state index is 0.00526. The van der Waals surface area contributed by atoms with E-state index in [0.717, 1.165) is 0 Å². The largest absolute Gasteiger partial charge is 0.455 e. The zero-order valence-electron chi connectivity index (χ0n) is 18.8. The van der Waals surface area contributed by atoms with E-state index in [1.807, 2.05) is 13.8 Å². The average Bonchev–Trinajstić information content (AvgIpc) is 3.34. The Morgan fingerprint density at radius 3 is 2.64 bits per heavy atom. The Bertz CT molecular complexity index is 1380. The van der Waals surface area contributed by atoms with E-state index in [9.17, 15) is 18.0 Å². The smallest absolute Gasteiger partial charge is 0.289 e. The first-order valence-corrected chi connectivity index (χ1v) is 12.4. The number of Topliss-reactive ketones (excluding diaryl/α,β-unsaturated/α-hetero) is 1. The first-order chi connectivity index (χ1) is 15.6. The number of carbonyl (C=O) groups is 2. The van der Waals surface area contributed by atoms with Crippen molar-refractivity contribution in [2.75, 3.05) is 26.2 Å². The van der Waals surface area contributed by atoms with Gasteiger partial charge in [0.1, 0.15) is 16.3 Å². The molecule has 174 valence electrons. The second kappa shape index (κ2) is 7.53. The van der Waals surface area contributed by atoms with Crippen molar-refractivity contribution in [1.29, 1.82) is 0 Å². The van der Waals surface area contributed by atoms with E-state index in [-0.39, 0.29) is 53.9 Å². The molecule has 4 heterocycles. The van der Waals surface area contributed by atoms with Crippen LogP contribution in [0.2, 0.25) is 0 Å². The molecule has 1 fully saturated rings. The molecule has 5 rings (SSSR count). The van der Waals surface area contributed by atoms with Crippen molar-refractivity contribution >= 4 is 32.7 Å². The second-order valence-electron chi connectivity index (χ2n) is 9.54. The van der Waals surface area contributed by atoms with Gasteiger partial charge < -0.3 is 14.3 Å². The zero-order valence-corrected chi connectivity index (χ0v) is 19.7. The number of piperazine rings is 1. The van der Waals surface area contributed by atoms with Crippen molar-refractivity contribution in [3.8, 4) is 0 Å². The van der Waals surface area contributed by atoms with Gasteiger partial charge in [-0.05, 0) is 24.5 Å². The summed E-state index contributed by atoms with van der Waals surface area (Å²) in [5.74, 6) is 0.461. The Hall–Kier alpha value is -2.98. The Balaban J connectivity index is 1.34. The fraction of sp³-hybridized carbons (Fsp3) is 0.435. The van der Waals surface area contributed by atoms with Gasteiger partial charge in [-0.1, -0.05) is 13.8 Å². The van der Waals surface area contributed by atoms with Crippen molar-refractivity contribution in [3.05, 3.63) is 47.2 Å². The van der Waals surface area contributed by atoms with Crippen LogP contribution in [0.3, 0.4) is 0 Å². The van der Waals surface area contributed by atoms with E-state index in [1.165, 1.54) is 10.5 Å². The number of aromatic amines is 1. The molecular weight excluding hydrogens is 444 g/mol. The van der Waals surface area contributed by atoms with Gasteiger partial charge in [0, 0.05) is 62.4 Å². The highest BCUT2D eigenvalue weighted by atomic mass is 32.2. The number of pyridine rings is 1. The molecule has 1 aliphatic carbocycles. The summed E-state index contributed by atoms with van der Waals surface area (Å²) in [4.78, 5) is 34.7. The molecule has 0 bridgehead atoms. The van der Waals surface area contributed by atoms with Crippen LogP contribution in [0.5, 0.6) is 0 Å². The number of sulfonamides is 1. The molecule has 33 heavy (non-hydrogen) atoms. The van der Waals surface area contributed by atoms with Crippen molar-refractivity contribution in [3.63, 3.8) is 0 Å². The van der Waals surface area contributed by atoms with E-state index >= 15 is 0 Å². The van der Waals surface area contributed by atoms with Crippen LogP contribution in [0.1, 0.15) is 52.5 Å². The molecular formula is C23H26N4O5S. The number of H-pyrrole nitrogens is 1. The first kappa shape index (κ1) is 21.8. The average molecular weight is 471 g/mol. The number of rotatable bonds is 3. The van der Waals surface area contributed by atoms with Crippen LogP contribution in [0, 0.1) is 12.3 Å². The minimum Gasteiger partial charge on any atom is -0.455 e. The molecule has 3 aromatic heterocycles. The SMILES string of the molecule is Cc1c(C(=O)N2CCN(S(=O)(=O)c3c[nH]c4ncccc34)CC2)oc2c1C(=O)CC(C)(C)C2. The summed E-state index contributed by atoms with van der Waals surface area (Å²) in [5, 5.41) is 0.542. The Labute approximate surface area is 191 Å². The van der Waals surface area contributed by atoms with Gasteiger partial charge in [0.2, 0.25) is 10.0 Å². The Kier molecular flexibility index (Phi) is 4.98. The Morgan fingerprint density at radius 1 is 1.18 bits per heavy atom. The van der Waals surface area contributed by atoms with Crippen LogP contribution in [0.4, 0.5) is 0 Å². The van der Waals surface area contributed by atoms with Crippen molar-refractivity contribution in [1.82, 2.24) is 19.2 Å². The van der Waals surface area contributed by atoms with Gasteiger partial charge in [0.15, 0.2) is 11.5 Å². The summed E-state index contributed by atoms with van der Waals surface area (Å²) >= 11 is 0. The topological polar surface area (TPSA) is 117 Å². The molecule has 2 aliphatic rings. The molecule has 0 spiro atoms. The number of hydrogen-bond acceptors (Lipinski definition) is 6. The summed E-state index contributed by atoms with van der Waals surface area (Å²) in [5.41, 5.74) is 1.43. The second-order valence-corrected chi connectivity index (χ2v) is 11.5. The number of ketones is 1. The van der Waals surface area contributed by atoms with Gasteiger partial charge in [-0.2, -0.15) is 4.31 Å². The van der Waals surface area contributed by atoms with E-state index in [0.29, 0.717) is 40.8 Å². The van der Waals surface area contributed by atoms with Crippen LogP contribution in [-0.2, 0) is 16.4 Å². The number of nitrogens with zero attached hydrogens (tertiary/aromatic N) is 3. The third kappa shape index (κ3) is 3.57. The predicted octanol–water partition coefficient (Wildman–Crippen LogP) is 2.77. The van der Waals surface area contributed by atoms with E-state index in [1.54, 1.807) is 30.2 Å². The van der Waals surface area contributed by atoms with Crippen molar-refractivity contribution in [2.45, 2.75) is 38.5 Å². The molecule has 1 aliphatic heterocycles. The molecule has 0 saturated carbocycles. The van der Waals surface area contributed by atoms with Gasteiger partial charge >= 0.3 is 0 Å². The van der Waals surface area contributed by atoms with Gasteiger partial charge in [-0.15, -0.1) is 0 Å². The molecule has 0 unspecified atom stereocenters. The lowest BCUT2D eigenvalue weighted by molar-refractivity contribution is 0.0660. The van der Waals surface area contributed by atoms with E-state index in [2.05, 4.69) is 9.97 Å². The van der Waals surface area contributed by atoms with Crippen LogP contribution >= 0.6 is 0 Å². The third-order valence-corrected chi connectivity index (χ3v) is 8.47.